The first-order valence-corrected chi connectivity index (χ1v) is 9.71. The molecule has 1 unspecified atom stereocenters. The van der Waals surface area contributed by atoms with E-state index in [4.69, 9.17) is 4.74 Å². The molecule has 0 spiro atoms. The first-order valence-electron chi connectivity index (χ1n) is 9.71. The van der Waals surface area contributed by atoms with Gasteiger partial charge in [0, 0.05) is 43.6 Å². The molecule has 4 rings (SSSR count). The molecule has 1 aromatic heterocycles. The van der Waals surface area contributed by atoms with Crippen molar-refractivity contribution < 1.29 is 9.53 Å². The number of aromatic nitrogens is 1. The number of nitrogens with zero attached hydrogens (tertiary/aromatic N) is 2. The van der Waals surface area contributed by atoms with E-state index in [1.165, 1.54) is 11.1 Å². The second-order valence-corrected chi connectivity index (χ2v) is 7.17. The number of amides is 1. The van der Waals surface area contributed by atoms with Gasteiger partial charge in [0.15, 0.2) is 0 Å². The van der Waals surface area contributed by atoms with Crippen LogP contribution in [0, 0.1) is 5.92 Å². The number of hydrogen-bond donors (Lipinski definition) is 0. The Balaban J connectivity index is 1.63. The van der Waals surface area contributed by atoms with E-state index >= 15 is 0 Å². The predicted octanol–water partition coefficient (Wildman–Crippen LogP) is 4.43. The number of hydrogen-bond acceptors (Lipinski definition) is 3. The smallest absolute Gasteiger partial charge is 0.254 e. The summed E-state index contributed by atoms with van der Waals surface area (Å²) in [5, 5.41) is 0. The molecule has 1 aliphatic heterocycles. The molecule has 4 heteroatoms. The molecule has 142 valence electrons. The lowest BCUT2D eigenvalue weighted by Crippen LogP contribution is -2.35. The third-order valence-corrected chi connectivity index (χ3v) is 5.18. The van der Waals surface area contributed by atoms with Gasteiger partial charge in [0.1, 0.15) is 0 Å². The number of pyridine rings is 1. The maximum Gasteiger partial charge on any atom is 0.254 e. The van der Waals surface area contributed by atoms with Crippen LogP contribution in [0.1, 0.15) is 22.3 Å². The highest BCUT2D eigenvalue weighted by molar-refractivity contribution is 5.94. The first-order chi connectivity index (χ1) is 13.8. The van der Waals surface area contributed by atoms with E-state index in [1.54, 1.807) is 24.5 Å². The minimum absolute atomic E-state index is 0.0390. The monoisotopic (exact) mass is 372 g/mol. The van der Waals surface area contributed by atoms with Crippen molar-refractivity contribution in [3.63, 3.8) is 0 Å². The van der Waals surface area contributed by atoms with Gasteiger partial charge in [0.2, 0.25) is 0 Å². The molecule has 0 saturated carbocycles. The van der Waals surface area contributed by atoms with E-state index in [-0.39, 0.29) is 5.91 Å². The predicted molar refractivity (Wildman–Crippen MR) is 110 cm³/mol. The summed E-state index contributed by atoms with van der Waals surface area (Å²) in [6.07, 6.45) is 4.34. The molecule has 4 nitrogen and oxygen atoms in total. The van der Waals surface area contributed by atoms with Gasteiger partial charge in [-0.15, -0.1) is 0 Å². The van der Waals surface area contributed by atoms with Crippen molar-refractivity contribution in [3.05, 3.63) is 90.3 Å². The van der Waals surface area contributed by atoms with Gasteiger partial charge in [-0.25, -0.2) is 0 Å². The summed E-state index contributed by atoms with van der Waals surface area (Å²) in [6, 6.07) is 22.2. The number of carbonyl (C=O) groups is 1. The zero-order valence-electron chi connectivity index (χ0n) is 15.8. The molecular weight excluding hydrogens is 348 g/mol. The van der Waals surface area contributed by atoms with Crippen molar-refractivity contribution >= 4 is 5.91 Å². The highest BCUT2D eigenvalue weighted by Crippen LogP contribution is 2.26. The third kappa shape index (κ3) is 4.29. The Morgan fingerprint density at radius 2 is 1.75 bits per heavy atom. The summed E-state index contributed by atoms with van der Waals surface area (Å²) in [6.45, 7) is 2.77. The summed E-state index contributed by atoms with van der Waals surface area (Å²) in [7, 11) is 0. The zero-order valence-corrected chi connectivity index (χ0v) is 15.8. The lowest BCUT2D eigenvalue weighted by atomic mass is 9.98. The fourth-order valence-corrected chi connectivity index (χ4v) is 3.70. The molecule has 2 aromatic carbocycles. The van der Waals surface area contributed by atoms with Crippen LogP contribution in [0.15, 0.2) is 79.1 Å². The standard InChI is InChI=1S/C24H24N2O2/c27-24(21-10-13-25-14-11-21)26(16-19-12-15-28-18-19)17-22-8-4-5-9-23(22)20-6-2-1-3-7-20/h1-11,13-14,19H,12,15-18H2. The molecule has 1 atom stereocenters. The van der Waals surface area contributed by atoms with Crippen molar-refractivity contribution in [1.82, 2.24) is 9.88 Å². The maximum absolute atomic E-state index is 13.2. The number of ether oxygens (including phenoxy) is 1. The van der Waals surface area contributed by atoms with Crippen molar-refractivity contribution in [2.24, 2.45) is 5.92 Å². The van der Waals surface area contributed by atoms with Gasteiger partial charge >= 0.3 is 0 Å². The van der Waals surface area contributed by atoms with E-state index in [1.807, 2.05) is 35.2 Å². The van der Waals surface area contributed by atoms with Crippen LogP contribution in [0.2, 0.25) is 0 Å². The van der Waals surface area contributed by atoms with Gasteiger partial charge in [0.05, 0.1) is 6.61 Å². The van der Waals surface area contributed by atoms with E-state index in [9.17, 15) is 4.79 Å². The van der Waals surface area contributed by atoms with Crippen LogP contribution in [0.3, 0.4) is 0 Å². The van der Waals surface area contributed by atoms with Gasteiger partial charge in [-0.3, -0.25) is 9.78 Å². The second-order valence-electron chi connectivity index (χ2n) is 7.17. The van der Waals surface area contributed by atoms with Gasteiger partial charge in [0.25, 0.3) is 5.91 Å². The van der Waals surface area contributed by atoms with Crippen molar-refractivity contribution in [2.75, 3.05) is 19.8 Å². The molecule has 2 heterocycles. The second kappa shape index (κ2) is 8.81. The lowest BCUT2D eigenvalue weighted by Gasteiger charge is -2.26. The molecule has 0 aliphatic carbocycles. The fraction of sp³-hybridized carbons (Fsp3) is 0.250. The lowest BCUT2D eigenvalue weighted by molar-refractivity contribution is 0.0706. The Morgan fingerprint density at radius 3 is 2.50 bits per heavy atom. The van der Waals surface area contributed by atoms with Crippen LogP contribution in [0.5, 0.6) is 0 Å². The van der Waals surface area contributed by atoms with E-state index in [0.717, 1.165) is 25.2 Å². The Morgan fingerprint density at radius 1 is 1.00 bits per heavy atom. The van der Waals surface area contributed by atoms with E-state index in [0.29, 0.717) is 24.6 Å². The summed E-state index contributed by atoms with van der Waals surface area (Å²) in [5.41, 5.74) is 4.15. The Hall–Kier alpha value is -2.98. The molecule has 1 fully saturated rings. The zero-order chi connectivity index (χ0) is 19.2. The van der Waals surface area contributed by atoms with Gasteiger partial charge in [-0.1, -0.05) is 54.6 Å². The highest BCUT2D eigenvalue weighted by Gasteiger charge is 2.24. The molecule has 0 bridgehead atoms. The Labute approximate surface area is 165 Å². The summed E-state index contributed by atoms with van der Waals surface area (Å²) in [4.78, 5) is 19.2. The van der Waals surface area contributed by atoms with Crippen LogP contribution >= 0.6 is 0 Å². The first kappa shape index (κ1) is 18.4. The molecular formula is C24H24N2O2. The molecule has 1 amide bonds. The molecule has 3 aromatic rings. The van der Waals surface area contributed by atoms with E-state index < -0.39 is 0 Å². The van der Waals surface area contributed by atoms with Crippen molar-refractivity contribution in [3.8, 4) is 11.1 Å². The highest BCUT2D eigenvalue weighted by atomic mass is 16.5. The molecule has 28 heavy (non-hydrogen) atoms. The van der Waals surface area contributed by atoms with Crippen LogP contribution in [0.25, 0.3) is 11.1 Å². The van der Waals surface area contributed by atoms with Gasteiger partial charge in [-0.2, -0.15) is 0 Å². The van der Waals surface area contributed by atoms with Crippen LogP contribution < -0.4 is 0 Å². The van der Waals surface area contributed by atoms with Gasteiger partial charge in [-0.05, 0) is 35.2 Å². The largest absolute Gasteiger partial charge is 0.381 e. The minimum Gasteiger partial charge on any atom is -0.381 e. The molecule has 0 N–H and O–H groups in total. The Bertz CT molecular complexity index is 906. The SMILES string of the molecule is O=C(c1ccncc1)N(Cc1ccccc1-c1ccccc1)CC1CCOC1. The third-order valence-electron chi connectivity index (χ3n) is 5.18. The average Bonchev–Trinajstić information content (AvgIpc) is 3.27. The average molecular weight is 372 g/mol. The quantitative estimate of drug-likeness (QED) is 0.643. The summed E-state index contributed by atoms with van der Waals surface area (Å²) < 4.78 is 5.54. The van der Waals surface area contributed by atoms with Crippen molar-refractivity contribution in [1.29, 1.82) is 0 Å². The topological polar surface area (TPSA) is 42.4 Å². The van der Waals surface area contributed by atoms with Gasteiger partial charge < -0.3 is 9.64 Å². The molecule has 0 radical (unpaired) electrons. The number of carbonyl (C=O) groups excluding carboxylic acids is 1. The number of rotatable bonds is 6. The normalized spacial score (nSPS) is 16.1. The van der Waals surface area contributed by atoms with Crippen LogP contribution in [-0.4, -0.2) is 35.5 Å². The van der Waals surface area contributed by atoms with Crippen molar-refractivity contribution in [2.45, 2.75) is 13.0 Å². The Kier molecular flexibility index (Phi) is 5.78. The summed E-state index contributed by atoms with van der Waals surface area (Å²) >= 11 is 0. The van der Waals surface area contributed by atoms with Crippen LogP contribution in [0.4, 0.5) is 0 Å². The maximum atomic E-state index is 13.2. The molecule has 1 aliphatic rings. The minimum atomic E-state index is 0.0390. The fourth-order valence-electron chi connectivity index (χ4n) is 3.70. The van der Waals surface area contributed by atoms with E-state index in [2.05, 4.69) is 29.2 Å². The molecule has 1 saturated heterocycles. The van der Waals surface area contributed by atoms with Crippen LogP contribution in [-0.2, 0) is 11.3 Å². The summed E-state index contributed by atoms with van der Waals surface area (Å²) in [5.74, 6) is 0.423. The number of benzene rings is 2.